The quantitative estimate of drug-likeness (QED) is 0.0891. The first-order valence-corrected chi connectivity index (χ1v) is 18.8. The second-order valence-corrected chi connectivity index (χ2v) is 12.8. The summed E-state index contributed by atoms with van der Waals surface area (Å²) in [4.78, 5) is 4.67. The van der Waals surface area contributed by atoms with Gasteiger partial charge in [0.2, 0.25) is 0 Å². The van der Waals surface area contributed by atoms with Crippen molar-refractivity contribution in [3.05, 3.63) is 24.3 Å². The molecule has 1 aliphatic heterocycles. The van der Waals surface area contributed by atoms with Gasteiger partial charge in [-0.2, -0.15) is 0 Å². The smallest absolute Gasteiger partial charge is 0.266 e. The Morgan fingerprint density at radius 1 is 0.442 bits per heavy atom. The molecule has 0 aliphatic carbocycles. The zero-order valence-corrected chi connectivity index (χ0v) is 29.0. The number of nitrogens with zero attached hydrogens (tertiary/aromatic N) is 2. The molecular formula is C38H70N2O3. The largest absolute Gasteiger partial charge is 0.447 e. The van der Waals surface area contributed by atoms with Crippen molar-refractivity contribution in [3.63, 3.8) is 0 Å². The minimum atomic E-state index is -0.437. The fourth-order valence-corrected chi connectivity index (χ4v) is 6.12. The molecule has 2 unspecified atom stereocenters. The second-order valence-electron chi connectivity index (χ2n) is 12.8. The monoisotopic (exact) mass is 603 g/mol. The summed E-state index contributed by atoms with van der Waals surface area (Å²) in [5.41, 5.74) is 0. The molecule has 0 saturated carbocycles. The van der Waals surface area contributed by atoms with Gasteiger partial charge in [-0.3, -0.25) is 4.74 Å². The molecule has 0 fully saturated rings. The third kappa shape index (κ3) is 17.1. The molecule has 250 valence electrons. The lowest BCUT2D eigenvalue weighted by molar-refractivity contribution is -0.275. The highest BCUT2D eigenvalue weighted by molar-refractivity contribution is 5.39. The minimum absolute atomic E-state index is 0.437. The van der Waals surface area contributed by atoms with E-state index in [9.17, 15) is 0 Å². The van der Waals surface area contributed by atoms with Crippen molar-refractivity contribution in [2.24, 2.45) is 0 Å². The number of para-hydroxylation sites is 2. The van der Waals surface area contributed by atoms with Gasteiger partial charge in [-0.15, -0.1) is 0 Å². The van der Waals surface area contributed by atoms with Crippen LogP contribution in [-0.2, 0) is 4.74 Å². The van der Waals surface area contributed by atoms with Gasteiger partial charge in [-0.1, -0.05) is 168 Å². The zero-order chi connectivity index (χ0) is 30.8. The van der Waals surface area contributed by atoms with Gasteiger partial charge >= 0.3 is 0 Å². The van der Waals surface area contributed by atoms with E-state index < -0.39 is 12.8 Å². The Kier molecular flexibility index (Phi) is 22.9. The van der Waals surface area contributed by atoms with Crippen LogP contribution in [0.3, 0.4) is 0 Å². The molecule has 0 aromatic heterocycles. The molecule has 43 heavy (non-hydrogen) atoms. The summed E-state index contributed by atoms with van der Waals surface area (Å²) >= 11 is 0. The van der Waals surface area contributed by atoms with Gasteiger partial charge in [-0.25, -0.2) is 9.80 Å². The fraction of sp³-hybridized carbons (Fsp3) is 0.842. The molecule has 0 radical (unpaired) electrons. The number of rotatable bonds is 28. The molecule has 1 aromatic carbocycles. The van der Waals surface area contributed by atoms with Crippen LogP contribution in [0.2, 0.25) is 0 Å². The van der Waals surface area contributed by atoms with E-state index >= 15 is 0 Å². The van der Waals surface area contributed by atoms with Gasteiger partial charge < -0.3 is 9.47 Å². The lowest BCUT2D eigenvalue weighted by atomic mass is 10.1. The second kappa shape index (κ2) is 26.0. The summed E-state index contributed by atoms with van der Waals surface area (Å²) in [5, 5.41) is 0. The van der Waals surface area contributed by atoms with Crippen LogP contribution in [-0.4, -0.2) is 48.8 Å². The third-order valence-corrected chi connectivity index (χ3v) is 9.04. The summed E-state index contributed by atoms with van der Waals surface area (Å²) in [6, 6.07) is 8.04. The Morgan fingerprint density at radius 3 is 1.05 bits per heavy atom. The molecule has 0 amide bonds. The molecule has 2 rings (SSSR count). The van der Waals surface area contributed by atoms with Crippen LogP contribution in [0.5, 0.6) is 11.5 Å². The van der Waals surface area contributed by atoms with Crippen LogP contribution in [0.25, 0.3) is 0 Å². The van der Waals surface area contributed by atoms with E-state index in [0.29, 0.717) is 0 Å². The molecule has 0 spiro atoms. The van der Waals surface area contributed by atoms with E-state index in [1.54, 1.807) is 0 Å². The Bertz CT molecular complexity index is 699. The molecule has 5 nitrogen and oxygen atoms in total. The van der Waals surface area contributed by atoms with Gasteiger partial charge in [0.05, 0.1) is 0 Å². The van der Waals surface area contributed by atoms with Crippen molar-refractivity contribution in [3.8, 4) is 11.5 Å². The molecule has 0 bridgehead atoms. The first-order valence-electron chi connectivity index (χ1n) is 18.8. The fourth-order valence-electron chi connectivity index (χ4n) is 6.12. The average Bonchev–Trinajstić information content (AvgIpc) is 3.22. The third-order valence-electron chi connectivity index (χ3n) is 9.04. The summed E-state index contributed by atoms with van der Waals surface area (Å²) in [6.07, 6.45) is 29.0. The summed E-state index contributed by atoms with van der Waals surface area (Å²) < 4.78 is 19.5. The molecule has 2 atom stereocenters. The maximum Gasteiger partial charge on any atom is 0.266 e. The predicted octanol–water partition coefficient (Wildman–Crippen LogP) is 11.3. The van der Waals surface area contributed by atoms with Crippen LogP contribution < -0.4 is 9.47 Å². The van der Waals surface area contributed by atoms with Gasteiger partial charge in [0, 0.05) is 26.2 Å². The highest BCUT2D eigenvalue weighted by Gasteiger charge is 2.32. The van der Waals surface area contributed by atoms with Gasteiger partial charge in [0.1, 0.15) is 0 Å². The Hall–Kier alpha value is -1.30. The molecule has 5 heteroatoms. The highest BCUT2D eigenvalue weighted by atomic mass is 16.8. The van der Waals surface area contributed by atoms with Crippen LogP contribution in [0.15, 0.2) is 24.3 Å². The van der Waals surface area contributed by atoms with Gasteiger partial charge in [-0.05, 0) is 25.0 Å². The lowest BCUT2D eigenvalue weighted by Crippen LogP contribution is -2.49. The first-order chi connectivity index (χ1) is 21.2. The standard InChI is InChI=1S/C38H70N2O3/c1-5-9-11-13-15-17-19-21-23-25-29-33-39(7-3)37-41-35-31-27-28-32-36(35)42-38(43-37)40(8-4)34-30-26-24-22-20-18-16-14-12-10-6-2/h27-28,31-32,37-38H,5-26,29-30,33-34H2,1-4H3. The van der Waals surface area contributed by atoms with E-state index in [0.717, 1.165) is 37.7 Å². The maximum absolute atomic E-state index is 6.61. The SMILES string of the molecule is CCCCCCCCCCCCCN(CC)C1Oc2ccccc2OC(N(CC)CCCCCCCCCCCCC)O1. The molecule has 1 aliphatic rings. The summed E-state index contributed by atoms with van der Waals surface area (Å²) in [5.74, 6) is 1.55. The number of benzene rings is 1. The van der Waals surface area contributed by atoms with Crippen LogP contribution in [0.1, 0.15) is 169 Å². The average molecular weight is 603 g/mol. The van der Waals surface area contributed by atoms with E-state index in [1.807, 2.05) is 24.3 Å². The topological polar surface area (TPSA) is 34.2 Å². The molecule has 1 heterocycles. The Balaban J connectivity index is 1.75. The van der Waals surface area contributed by atoms with Crippen LogP contribution >= 0.6 is 0 Å². The number of fused-ring (bicyclic) bond motifs is 1. The van der Waals surface area contributed by atoms with Crippen molar-refractivity contribution in [1.82, 2.24) is 9.80 Å². The van der Waals surface area contributed by atoms with Crippen LogP contribution in [0.4, 0.5) is 0 Å². The number of unbranched alkanes of at least 4 members (excludes halogenated alkanes) is 20. The molecule has 0 N–H and O–H groups in total. The van der Waals surface area contributed by atoms with Gasteiger partial charge in [0.25, 0.3) is 12.8 Å². The Morgan fingerprint density at radius 2 is 0.744 bits per heavy atom. The maximum atomic E-state index is 6.61. The molecule has 0 saturated heterocycles. The Labute approximate surface area is 267 Å². The number of ether oxygens (including phenoxy) is 3. The number of hydrogen-bond acceptors (Lipinski definition) is 5. The minimum Gasteiger partial charge on any atom is -0.447 e. The van der Waals surface area contributed by atoms with E-state index in [4.69, 9.17) is 14.2 Å². The van der Waals surface area contributed by atoms with Crippen molar-refractivity contribution >= 4 is 0 Å². The van der Waals surface area contributed by atoms with Gasteiger partial charge in [0.15, 0.2) is 11.5 Å². The van der Waals surface area contributed by atoms with Crippen molar-refractivity contribution in [1.29, 1.82) is 0 Å². The van der Waals surface area contributed by atoms with Crippen LogP contribution in [0, 0.1) is 0 Å². The summed E-state index contributed by atoms with van der Waals surface area (Å²) in [6.45, 7) is 12.7. The van der Waals surface area contributed by atoms with Crippen molar-refractivity contribution in [2.45, 2.75) is 182 Å². The predicted molar refractivity (Wildman–Crippen MR) is 184 cm³/mol. The van der Waals surface area contributed by atoms with Crippen molar-refractivity contribution < 1.29 is 14.2 Å². The van der Waals surface area contributed by atoms with E-state index in [2.05, 4.69) is 37.5 Å². The molecule has 1 aromatic rings. The van der Waals surface area contributed by atoms with Crippen molar-refractivity contribution in [2.75, 3.05) is 26.2 Å². The molecular weight excluding hydrogens is 532 g/mol. The van der Waals surface area contributed by atoms with E-state index in [1.165, 1.54) is 141 Å². The highest BCUT2D eigenvalue weighted by Crippen LogP contribution is 2.33. The normalized spacial score (nSPS) is 16.7. The lowest BCUT2D eigenvalue weighted by Gasteiger charge is -2.34. The van der Waals surface area contributed by atoms with E-state index in [-0.39, 0.29) is 0 Å². The number of hydrogen-bond donors (Lipinski definition) is 0. The first kappa shape index (κ1) is 37.9. The summed E-state index contributed by atoms with van der Waals surface area (Å²) in [7, 11) is 0. The zero-order valence-electron chi connectivity index (χ0n) is 29.0.